The minimum absolute atomic E-state index is 0.269. The molecule has 2 heteroatoms. The third kappa shape index (κ3) is 1.18. The minimum atomic E-state index is 0.269. The molecule has 0 spiro atoms. The van der Waals surface area contributed by atoms with Crippen molar-refractivity contribution in [1.82, 2.24) is 5.32 Å². The summed E-state index contributed by atoms with van der Waals surface area (Å²) in [4.78, 5) is 0. The lowest BCUT2D eigenvalue weighted by atomic mass is 9.94. The molecule has 1 rings (SSSR count). The maximum Gasteiger partial charge on any atom is 0.111 e. The highest BCUT2D eigenvalue weighted by Gasteiger charge is 2.35. The van der Waals surface area contributed by atoms with Crippen LogP contribution >= 0.6 is 0 Å². The molecule has 0 radical (unpaired) electrons. The van der Waals surface area contributed by atoms with Crippen molar-refractivity contribution in [3.05, 3.63) is 0 Å². The highest BCUT2D eigenvalue weighted by Crippen LogP contribution is 2.29. The molecule has 0 aromatic carbocycles. The Labute approximate surface area is 63.0 Å². The molecule has 60 valence electrons. The number of hydrogen-bond acceptors (Lipinski definition) is 2. The zero-order valence-corrected chi connectivity index (χ0v) is 7.22. The summed E-state index contributed by atoms with van der Waals surface area (Å²) in [5, 5.41) is 3.15. The lowest BCUT2D eigenvalue weighted by molar-refractivity contribution is 0.0255. The quantitative estimate of drug-likeness (QED) is 0.596. The van der Waals surface area contributed by atoms with E-state index >= 15 is 0 Å². The fraction of sp³-hybridized carbons (Fsp3) is 1.00. The predicted octanol–water partition coefficient (Wildman–Crippen LogP) is 1.22. The highest BCUT2D eigenvalue weighted by molar-refractivity contribution is 4.80. The molecule has 0 amide bonds. The van der Waals surface area contributed by atoms with E-state index < -0.39 is 0 Å². The van der Waals surface area contributed by atoms with E-state index in [4.69, 9.17) is 4.74 Å². The molecule has 0 aromatic heterocycles. The third-order valence-electron chi connectivity index (χ3n) is 2.69. The van der Waals surface area contributed by atoms with Crippen molar-refractivity contribution in [2.24, 2.45) is 11.8 Å². The zero-order valence-electron chi connectivity index (χ0n) is 7.22. The van der Waals surface area contributed by atoms with Gasteiger partial charge in [0, 0.05) is 5.92 Å². The van der Waals surface area contributed by atoms with Gasteiger partial charge in [0.15, 0.2) is 0 Å². The van der Waals surface area contributed by atoms with Gasteiger partial charge >= 0.3 is 0 Å². The molecular formula is C8H17NO. The van der Waals surface area contributed by atoms with Crippen LogP contribution in [0.4, 0.5) is 0 Å². The first-order chi connectivity index (χ1) is 4.66. The summed E-state index contributed by atoms with van der Waals surface area (Å²) in [6, 6.07) is 0. The van der Waals surface area contributed by atoms with E-state index in [0.717, 1.165) is 0 Å². The van der Waals surface area contributed by atoms with E-state index in [1.54, 1.807) is 0 Å². The van der Waals surface area contributed by atoms with Crippen LogP contribution in [0, 0.1) is 11.8 Å². The molecule has 1 aliphatic heterocycles. The lowest BCUT2D eigenvalue weighted by Gasteiger charge is -2.14. The van der Waals surface area contributed by atoms with Gasteiger partial charge in [-0.15, -0.1) is 0 Å². The summed E-state index contributed by atoms with van der Waals surface area (Å²) in [7, 11) is 1.95. The monoisotopic (exact) mass is 143 g/mol. The van der Waals surface area contributed by atoms with Crippen molar-refractivity contribution in [1.29, 1.82) is 0 Å². The maximum absolute atomic E-state index is 5.62. The van der Waals surface area contributed by atoms with Crippen molar-refractivity contribution >= 4 is 0 Å². The normalized spacial score (nSPS) is 48.0. The second kappa shape index (κ2) is 2.89. The Bertz CT molecular complexity index is 116. The second-order valence-corrected chi connectivity index (χ2v) is 3.27. The molecule has 0 saturated carbocycles. The Morgan fingerprint density at radius 3 is 1.90 bits per heavy atom. The Hall–Kier alpha value is -0.0800. The van der Waals surface area contributed by atoms with Crippen molar-refractivity contribution in [3.8, 4) is 0 Å². The first-order valence-electron chi connectivity index (χ1n) is 3.99. The van der Waals surface area contributed by atoms with Gasteiger partial charge in [0.2, 0.25) is 0 Å². The summed E-state index contributed by atoms with van der Waals surface area (Å²) >= 11 is 0. The van der Waals surface area contributed by atoms with Gasteiger partial charge < -0.3 is 4.74 Å². The number of hydrogen-bond donors (Lipinski definition) is 1. The minimum Gasteiger partial charge on any atom is -0.360 e. The molecule has 2 nitrogen and oxygen atoms in total. The summed E-state index contributed by atoms with van der Waals surface area (Å²) in [5.74, 6) is 1.32. The Morgan fingerprint density at radius 2 is 1.70 bits per heavy atom. The molecule has 0 aliphatic carbocycles. The fourth-order valence-corrected chi connectivity index (χ4v) is 1.51. The second-order valence-electron chi connectivity index (χ2n) is 3.27. The van der Waals surface area contributed by atoms with Crippen LogP contribution in [-0.2, 0) is 4.74 Å². The van der Waals surface area contributed by atoms with Crippen molar-refractivity contribution in [2.75, 3.05) is 7.05 Å². The molecule has 1 aliphatic rings. The largest absolute Gasteiger partial charge is 0.360 e. The van der Waals surface area contributed by atoms with E-state index in [0.29, 0.717) is 17.9 Å². The van der Waals surface area contributed by atoms with Crippen molar-refractivity contribution < 1.29 is 4.74 Å². The first-order valence-corrected chi connectivity index (χ1v) is 3.99. The fourth-order valence-electron chi connectivity index (χ4n) is 1.51. The Kier molecular flexibility index (Phi) is 2.32. The molecule has 0 aromatic rings. The molecule has 0 bridgehead atoms. The average Bonchev–Trinajstić information content (AvgIpc) is 2.17. The van der Waals surface area contributed by atoms with Crippen LogP contribution in [-0.4, -0.2) is 19.4 Å². The van der Waals surface area contributed by atoms with E-state index in [1.807, 2.05) is 7.05 Å². The SMILES string of the molecule is CNC1OC(C)C(C)C1C. The van der Waals surface area contributed by atoms with Gasteiger partial charge in [-0.3, -0.25) is 5.32 Å². The summed E-state index contributed by atoms with van der Waals surface area (Å²) < 4.78 is 5.62. The van der Waals surface area contributed by atoms with Crippen LogP contribution in [0.1, 0.15) is 20.8 Å². The van der Waals surface area contributed by atoms with E-state index in [2.05, 4.69) is 26.1 Å². The number of ether oxygens (including phenoxy) is 1. The van der Waals surface area contributed by atoms with Gasteiger partial charge in [-0.25, -0.2) is 0 Å². The van der Waals surface area contributed by atoms with Gasteiger partial charge in [0.25, 0.3) is 0 Å². The highest BCUT2D eigenvalue weighted by atomic mass is 16.5. The van der Waals surface area contributed by atoms with Crippen LogP contribution in [0.25, 0.3) is 0 Å². The van der Waals surface area contributed by atoms with Gasteiger partial charge in [0.05, 0.1) is 6.10 Å². The molecule has 1 N–H and O–H groups in total. The summed E-state index contributed by atoms with van der Waals surface area (Å²) in [5.41, 5.74) is 0. The van der Waals surface area contributed by atoms with Gasteiger partial charge in [-0.1, -0.05) is 13.8 Å². The van der Waals surface area contributed by atoms with Crippen LogP contribution in [0.5, 0.6) is 0 Å². The molecule has 1 heterocycles. The molecule has 4 unspecified atom stereocenters. The molecule has 1 saturated heterocycles. The van der Waals surface area contributed by atoms with Crippen molar-refractivity contribution in [3.63, 3.8) is 0 Å². The van der Waals surface area contributed by atoms with Gasteiger partial charge in [-0.2, -0.15) is 0 Å². The third-order valence-corrected chi connectivity index (χ3v) is 2.69. The summed E-state index contributed by atoms with van der Waals surface area (Å²) in [6.07, 6.45) is 0.678. The van der Waals surface area contributed by atoms with Gasteiger partial charge in [-0.05, 0) is 19.9 Å². The van der Waals surface area contributed by atoms with Crippen LogP contribution in [0.2, 0.25) is 0 Å². The Morgan fingerprint density at radius 1 is 1.10 bits per heavy atom. The van der Waals surface area contributed by atoms with Crippen LogP contribution in [0.15, 0.2) is 0 Å². The Balaban J connectivity index is 2.53. The topological polar surface area (TPSA) is 21.3 Å². The maximum atomic E-state index is 5.62. The lowest BCUT2D eigenvalue weighted by Crippen LogP contribution is -2.30. The smallest absolute Gasteiger partial charge is 0.111 e. The molecular weight excluding hydrogens is 126 g/mol. The summed E-state index contributed by atoms with van der Waals surface area (Å²) in [6.45, 7) is 6.61. The number of rotatable bonds is 1. The average molecular weight is 143 g/mol. The zero-order chi connectivity index (χ0) is 7.72. The first kappa shape index (κ1) is 8.02. The molecule has 10 heavy (non-hydrogen) atoms. The van der Waals surface area contributed by atoms with Crippen LogP contribution < -0.4 is 5.32 Å². The standard InChI is InChI=1S/C8H17NO/c1-5-6(2)8(9-4)10-7(5)3/h5-9H,1-4H3. The van der Waals surface area contributed by atoms with E-state index in [-0.39, 0.29) is 6.23 Å². The predicted molar refractivity (Wildman–Crippen MR) is 41.7 cm³/mol. The number of nitrogens with one attached hydrogen (secondary N) is 1. The van der Waals surface area contributed by atoms with Crippen LogP contribution in [0.3, 0.4) is 0 Å². The van der Waals surface area contributed by atoms with E-state index in [9.17, 15) is 0 Å². The molecule has 1 fully saturated rings. The molecule has 4 atom stereocenters. The van der Waals surface area contributed by atoms with Gasteiger partial charge in [0.1, 0.15) is 6.23 Å². The van der Waals surface area contributed by atoms with E-state index in [1.165, 1.54) is 0 Å². The van der Waals surface area contributed by atoms with Crippen molar-refractivity contribution in [2.45, 2.75) is 33.1 Å².